The van der Waals surface area contributed by atoms with Gasteiger partial charge in [-0.05, 0) is 30.4 Å². The van der Waals surface area contributed by atoms with Crippen LogP contribution in [0.4, 0.5) is 0 Å². The van der Waals surface area contributed by atoms with Crippen LogP contribution in [0.1, 0.15) is 28.8 Å². The molecular weight excluding hydrogens is 340 g/mol. The molecular formula is C18H16N2O6. The first-order valence-corrected chi connectivity index (χ1v) is 8.17. The molecule has 0 bridgehead atoms. The number of Topliss-reactive ketones (excluding diaryl/α,β-unsaturated/α-hetero) is 2. The third kappa shape index (κ3) is 1.93. The predicted molar refractivity (Wildman–Crippen MR) is 86.9 cm³/mol. The van der Waals surface area contributed by atoms with E-state index < -0.39 is 52.0 Å². The van der Waals surface area contributed by atoms with E-state index in [9.17, 15) is 29.7 Å². The second-order valence-corrected chi connectivity index (χ2v) is 6.94. The maximum Gasteiger partial charge on any atom is 0.255 e. The molecule has 4 rings (SSSR count). The molecule has 0 aliphatic heterocycles. The van der Waals surface area contributed by atoms with Gasteiger partial charge in [0.2, 0.25) is 5.78 Å². The summed E-state index contributed by atoms with van der Waals surface area (Å²) in [4.78, 5) is 40.9. The topological polar surface area (TPSA) is 151 Å². The first-order valence-electron chi connectivity index (χ1n) is 8.17. The van der Waals surface area contributed by atoms with Crippen LogP contribution in [-0.4, -0.2) is 43.4 Å². The van der Waals surface area contributed by atoms with Crippen molar-refractivity contribution in [2.24, 2.45) is 17.6 Å². The molecule has 8 heteroatoms. The number of nitrogens with two attached hydrogens (primary N) is 1. The molecule has 1 heterocycles. The van der Waals surface area contributed by atoms with E-state index in [-0.39, 0.29) is 18.4 Å². The normalized spacial score (nSPS) is 30.7. The molecule has 1 unspecified atom stereocenters. The van der Waals surface area contributed by atoms with E-state index >= 15 is 0 Å². The fraction of sp³-hybridized carbons (Fsp3) is 0.333. The Kier molecular flexibility index (Phi) is 3.32. The largest absolute Gasteiger partial charge is 0.511 e. The molecule has 3 aliphatic carbocycles. The minimum absolute atomic E-state index is 0.0391. The average molecular weight is 356 g/mol. The summed E-state index contributed by atoms with van der Waals surface area (Å²) in [5.74, 6) is -5.38. The molecule has 0 saturated heterocycles. The minimum atomic E-state index is -2.45. The predicted octanol–water partition coefficient (Wildman–Crippen LogP) is 0.270. The third-order valence-corrected chi connectivity index (χ3v) is 5.60. The van der Waals surface area contributed by atoms with Crippen LogP contribution in [0.25, 0.3) is 0 Å². The number of pyridine rings is 1. The van der Waals surface area contributed by atoms with Gasteiger partial charge in [-0.2, -0.15) is 0 Å². The lowest BCUT2D eigenvalue weighted by Gasteiger charge is -2.45. The molecule has 0 saturated carbocycles. The van der Waals surface area contributed by atoms with Crippen molar-refractivity contribution < 1.29 is 29.7 Å². The molecule has 134 valence electrons. The van der Waals surface area contributed by atoms with Crippen LogP contribution in [0, 0.1) is 11.8 Å². The first-order chi connectivity index (χ1) is 12.3. The Balaban J connectivity index is 1.90. The Morgan fingerprint density at radius 3 is 2.69 bits per heavy atom. The molecule has 1 aromatic heterocycles. The van der Waals surface area contributed by atoms with Gasteiger partial charge in [0.25, 0.3) is 5.91 Å². The summed E-state index contributed by atoms with van der Waals surface area (Å²) >= 11 is 0. The second kappa shape index (κ2) is 5.25. The number of aliphatic hydroxyl groups excluding tert-OH is 2. The van der Waals surface area contributed by atoms with E-state index in [4.69, 9.17) is 5.73 Å². The number of ketones is 2. The number of nitrogens with zero attached hydrogens (tertiary/aromatic N) is 1. The molecule has 0 spiro atoms. The lowest BCUT2D eigenvalue weighted by atomic mass is 9.60. The number of carbonyl (C=O) groups is 3. The highest BCUT2D eigenvalue weighted by atomic mass is 16.3. The van der Waals surface area contributed by atoms with Gasteiger partial charge in [-0.15, -0.1) is 0 Å². The second-order valence-electron chi connectivity index (χ2n) is 6.94. The minimum Gasteiger partial charge on any atom is -0.511 e. The van der Waals surface area contributed by atoms with Crippen LogP contribution in [0.2, 0.25) is 0 Å². The molecule has 0 radical (unpaired) electrons. The van der Waals surface area contributed by atoms with Gasteiger partial charge in [0.15, 0.2) is 11.4 Å². The van der Waals surface area contributed by atoms with Crippen molar-refractivity contribution >= 4 is 17.5 Å². The quantitative estimate of drug-likeness (QED) is 0.527. The van der Waals surface area contributed by atoms with Crippen molar-refractivity contribution in [3.8, 4) is 0 Å². The van der Waals surface area contributed by atoms with Gasteiger partial charge in [0.1, 0.15) is 17.1 Å². The van der Waals surface area contributed by atoms with Gasteiger partial charge in [-0.3, -0.25) is 19.4 Å². The third-order valence-electron chi connectivity index (χ3n) is 5.60. The Labute approximate surface area is 147 Å². The summed E-state index contributed by atoms with van der Waals surface area (Å²) in [6, 6.07) is 1.72. The van der Waals surface area contributed by atoms with Gasteiger partial charge < -0.3 is 21.1 Å². The lowest BCUT2D eigenvalue weighted by molar-refractivity contribution is -0.144. The van der Waals surface area contributed by atoms with E-state index in [0.29, 0.717) is 12.0 Å². The van der Waals surface area contributed by atoms with Crippen molar-refractivity contribution in [2.75, 3.05) is 0 Å². The zero-order valence-corrected chi connectivity index (χ0v) is 13.6. The van der Waals surface area contributed by atoms with Crippen molar-refractivity contribution in [1.82, 2.24) is 4.98 Å². The van der Waals surface area contributed by atoms with Gasteiger partial charge in [0.05, 0.1) is 0 Å². The molecule has 8 nitrogen and oxygen atoms in total. The summed E-state index contributed by atoms with van der Waals surface area (Å²) in [5, 5.41) is 31.7. The Hall–Kier alpha value is -3.00. The summed E-state index contributed by atoms with van der Waals surface area (Å²) in [6.07, 6.45) is 3.40. The number of hydrogen-bond donors (Lipinski definition) is 4. The number of amides is 1. The first kappa shape index (κ1) is 16.5. The SMILES string of the molecule is NC(=O)C1=C(O)C[C@@H]2CC3Cc4ccncc4C(=O)C3=C(O)[C@]2(O)C1=O. The molecule has 5 N–H and O–H groups in total. The molecule has 1 aromatic rings. The molecule has 0 aromatic carbocycles. The average Bonchev–Trinajstić information content (AvgIpc) is 2.58. The number of carbonyl (C=O) groups excluding carboxylic acids is 3. The van der Waals surface area contributed by atoms with Crippen molar-refractivity contribution in [1.29, 1.82) is 0 Å². The monoisotopic (exact) mass is 356 g/mol. The molecule has 1 amide bonds. The number of aromatic nitrogens is 1. The highest BCUT2D eigenvalue weighted by molar-refractivity contribution is 6.24. The zero-order valence-electron chi connectivity index (χ0n) is 13.6. The van der Waals surface area contributed by atoms with Crippen LogP contribution in [0.5, 0.6) is 0 Å². The Morgan fingerprint density at radius 2 is 2.00 bits per heavy atom. The van der Waals surface area contributed by atoms with Crippen molar-refractivity contribution in [3.63, 3.8) is 0 Å². The molecule has 26 heavy (non-hydrogen) atoms. The van der Waals surface area contributed by atoms with Gasteiger partial charge in [-0.1, -0.05) is 0 Å². The highest BCUT2D eigenvalue weighted by Gasteiger charge is 2.59. The van der Waals surface area contributed by atoms with E-state index in [2.05, 4.69) is 4.98 Å². The number of fused-ring (bicyclic) bond motifs is 3. The van der Waals surface area contributed by atoms with Crippen LogP contribution in [-0.2, 0) is 16.0 Å². The maximum absolute atomic E-state index is 12.8. The summed E-state index contributed by atoms with van der Waals surface area (Å²) < 4.78 is 0. The summed E-state index contributed by atoms with van der Waals surface area (Å²) in [7, 11) is 0. The number of allylic oxidation sites excluding steroid dienone is 2. The summed E-state index contributed by atoms with van der Waals surface area (Å²) in [5.41, 5.74) is 3.00. The smallest absolute Gasteiger partial charge is 0.255 e. The van der Waals surface area contributed by atoms with E-state index in [1.54, 1.807) is 12.3 Å². The van der Waals surface area contributed by atoms with Gasteiger partial charge >= 0.3 is 0 Å². The zero-order chi connectivity index (χ0) is 18.8. The van der Waals surface area contributed by atoms with E-state index in [1.165, 1.54) is 6.20 Å². The fourth-order valence-corrected chi connectivity index (χ4v) is 4.35. The van der Waals surface area contributed by atoms with Gasteiger partial charge in [-0.25, -0.2) is 0 Å². The van der Waals surface area contributed by atoms with Crippen LogP contribution < -0.4 is 5.73 Å². The van der Waals surface area contributed by atoms with E-state index in [0.717, 1.165) is 5.56 Å². The number of rotatable bonds is 1. The van der Waals surface area contributed by atoms with E-state index in [1.807, 2.05) is 0 Å². The fourth-order valence-electron chi connectivity index (χ4n) is 4.35. The van der Waals surface area contributed by atoms with Crippen LogP contribution in [0.15, 0.2) is 41.1 Å². The molecule has 3 aliphatic rings. The number of hydrogen-bond acceptors (Lipinski definition) is 7. The van der Waals surface area contributed by atoms with Crippen LogP contribution in [0.3, 0.4) is 0 Å². The van der Waals surface area contributed by atoms with Crippen molar-refractivity contribution in [2.45, 2.75) is 24.9 Å². The Morgan fingerprint density at radius 1 is 1.27 bits per heavy atom. The van der Waals surface area contributed by atoms with Crippen molar-refractivity contribution in [3.05, 3.63) is 52.3 Å². The standard InChI is InChI=1S/C18H16N2O6/c19-17(25)13-11(21)5-9-4-8-3-7-1-2-20-6-10(7)14(22)12(8)15(23)18(9,26)16(13)24/h1-2,6,8-9,21,23,26H,3-5H2,(H2,19,25)/t8?,9-,18-/m0/s1. The number of primary amides is 1. The summed E-state index contributed by atoms with van der Waals surface area (Å²) in [6.45, 7) is 0. The Bertz CT molecular complexity index is 947. The van der Waals surface area contributed by atoms with Crippen LogP contribution >= 0.6 is 0 Å². The number of aliphatic hydroxyl groups is 3. The van der Waals surface area contributed by atoms with Gasteiger partial charge in [0, 0.05) is 35.9 Å². The highest BCUT2D eigenvalue weighted by Crippen LogP contribution is 2.50. The maximum atomic E-state index is 12.8. The lowest BCUT2D eigenvalue weighted by Crippen LogP contribution is -2.57. The molecule has 3 atom stereocenters. The molecule has 0 fully saturated rings.